The van der Waals surface area contributed by atoms with E-state index in [2.05, 4.69) is 10.3 Å². The van der Waals surface area contributed by atoms with Gasteiger partial charge in [0, 0.05) is 12.6 Å². The average molecular weight is 304 g/mol. The van der Waals surface area contributed by atoms with Crippen LogP contribution in [0.4, 0.5) is 19.0 Å². The summed E-state index contributed by atoms with van der Waals surface area (Å²) in [5.41, 5.74) is 9.57. The summed E-state index contributed by atoms with van der Waals surface area (Å²) >= 11 is 0. The Labute approximate surface area is 120 Å². The Morgan fingerprint density at radius 1 is 1.38 bits per heavy atom. The van der Waals surface area contributed by atoms with Crippen LogP contribution in [0.25, 0.3) is 0 Å². The number of primary amides is 1. The van der Waals surface area contributed by atoms with Gasteiger partial charge in [-0.1, -0.05) is 13.8 Å². The summed E-state index contributed by atoms with van der Waals surface area (Å²) in [7, 11) is 0. The zero-order chi connectivity index (χ0) is 16.2. The van der Waals surface area contributed by atoms with Crippen molar-refractivity contribution in [2.45, 2.75) is 32.5 Å². The molecule has 0 fully saturated rings. The fourth-order valence-electron chi connectivity index (χ4n) is 1.90. The second-order valence-corrected chi connectivity index (χ2v) is 5.16. The molecule has 1 rings (SSSR count). The number of hydrogen-bond acceptors (Lipinski definition) is 4. The van der Waals surface area contributed by atoms with Crippen LogP contribution in [0.5, 0.6) is 0 Å². The molecule has 1 unspecified atom stereocenters. The van der Waals surface area contributed by atoms with E-state index in [4.69, 9.17) is 11.5 Å². The molecule has 1 atom stereocenters. The number of halogens is 3. The highest BCUT2D eigenvalue weighted by Crippen LogP contribution is 2.29. The van der Waals surface area contributed by atoms with Gasteiger partial charge in [0.2, 0.25) is 0 Å². The normalized spacial score (nSPS) is 13.3. The molecule has 1 heterocycles. The van der Waals surface area contributed by atoms with Crippen molar-refractivity contribution in [1.82, 2.24) is 4.98 Å². The molecule has 0 radical (unpaired) electrons. The zero-order valence-electron chi connectivity index (χ0n) is 11.9. The van der Waals surface area contributed by atoms with E-state index in [0.29, 0.717) is 6.42 Å². The number of nitrogens with one attached hydrogen (secondary N) is 1. The summed E-state index contributed by atoms with van der Waals surface area (Å²) in [6.45, 7) is 4.12. The number of amides is 1. The Hall–Kier alpha value is -1.83. The molecule has 5 nitrogen and oxygen atoms in total. The fourth-order valence-corrected chi connectivity index (χ4v) is 1.90. The lowest BCUT2D eigenvalue weighted by atomic mass is 10.0. The number of nitrogens with two attached hydrogens (primary N) is 2. The monoisotopic (exact) mass is 304 g/mol. The van der Waals surface area contributed by atoms with Crippen LogP contribution in [-0.2, 0) is 6.18 Å². The Kier molecular flexibility index (Phi) is 5.54. The van der Waals surface area contributed by atoms with Gasteiger partial charge in [0.25, 0.3) is 5.91 Å². The lowest BCUT2D eigenvalue weighted by Crippen LogP contribution is -2.32. The second-order valence-electron chi connectivity index (χ2n) is 5.16. The first-order valence-electron chi connectivity index (χ1n) is 6.49. The number of carbonyl (C=O) groups excluding carboxylic acids is 1. The number of nitrogens with zero attached hydrogens (tertiary/aromatic N) is 1. The van der Waals surface area contributed by atoms with Gasteiger partial charge in [0.15, 0.2) is 0 Å². The van der Waals surface area contributed by atoms with Crippen molar-refractivity contribution < 1.29 is 18.0 Å². The minimum Gasteiger partial charge on any atom is -0.365 e. The molecule has 0 aromatic carbocycles. The third-order valence-electron chi connectivity index (χ3n) is 2.83. The summed E-state index contributed by atoms with van der Waals surface area (Å²) in [5, 5.41) is 2.79. The molecule has 21 heavy (non-hydrogen) atoms. The predicted octanol–water partition coefficient (Wildman–Crippen LogP) is 1.98. The van der Waals surface area contributed by atoms with Crippen molar-refractivity contribution in [3.05, 3.63) is 23.4 Å². The number of hydrogen-bond donors (Lipinski definition) is 3. The molecule has 1 aromatic rings. The zero-order valence-corrected chi connectivity index (χ0v) is 11.9. The molecule has 0 aliphatic rings. The van der Waals surface area contributed by atoms with E-state index < -0.39 is 17.8 Å². The van der Waals surface area contributed by atoms with Gasteiger partial charge in [-0.05, 0) is 24.5 Å². The van der Waals surface area contributed by atoms with Crippen LogP contribution < -0.4 is 16.8 Å². The third kappa shape index (κ3) is 4.89. The molecule has 0 aliphatic heterocycles. The Morgan fingerprint density at radius 3 is 2.43 bits per heavy atom. The molecule has 0 saturated heterocycles. The van der Waals surface area contributed by atoms with E-state index in [-0.39, 0.29) is 29.9 Å². The van der Waals surface area contributed by atoms with Gasteiger partial charge >= 0.3 is 6.18 Å². The maximum Gasteiger partial charge on any atom is 0.433 e. The molecule has 0 spiro atoms. The highest BCUT2D eigenvalue weighted by atomic mass is 19.4. The van der Waals surface area contributed by atoms with Crippen LogP contribution in [-0.4, -0.2) is 23.5 Å². The molecule has 118 valence electrons. The van der Waals surface area contributed by atoms with Gasteiger partial charge in [0.05, 0.1) is 5.56 Å². The average Bonchev–Trinajstić information content (AvgIpc) is 2.35. The minimum absolute atomic E-state index is 0.0924. The van der Waals surface area contributed by atoms with Crippen LogP contribution >= 0.6 is 0 Å². The molecule has 5 N–H and O–H groups in total. The van der Waals surface area contributed by atoms with Crippen LogP contribution in [0.2, 0.25) is 0 Å². The fraction of sp³-hybridized carbons (Fsp3) is 0.538. The van der Waals surface area contributed by atoms with E-state index in [1.807, 2.05) is 13.8 Å². The summed E-state index contributed by atoms with van der Waals surface area (Å²) < 4.78 is 38.1. The Morgan fingerprint density at radius 2 is 2.00 bits per heavy atom. The summed E-state index contributed by atoms with van der Waals surface area (Å²) in [6.07, 6.45) is -3.96. The van der Waals surface area contributed by atoms with Crippen molar-refractivity contribution in [1.29, 1.82) is 0 Å². The standard InChI is InChI=1S/C13H19F3N4O/c1-7(2)5-8(6-17)19-12-9(11(18)21)3-4-10(20-12)13(14,15)16/h3-4,7-8H,5-6,17H2,1-2H3,(H2,18,21)(H,19,20). The highest BCUT2D eigenvalue weighted by Gasteiger charge is 2.33. The van der Waals surface area contributed by atoms with E-state index >= 15 is 0 Å². The Bertz CT molecular complexity index is 503. The van der Waals surface area contributed by atoms with E-state index in [1.165, 1.54) is 0 Å². The van der Waals surface area contributed by atoms with Crippen molar-refractivity contribution in [2.75, 3.05) is 11.9 Å². The summed E-state index contributed by atoms with van der Waals surface area (Å²) in [6, 6.07) is 1.45. The molecular formula is C13H19F3N4O. The van der Waals surface area contributed by atoms with Crippen LogP contribution in [0.15, 0.2) is 12.1 Å². The number of alkyl halides is 3. The minimum atomic E-state index is -4.59. The molecule has 0 saturated carbocycles. The summed E-state index contributed by atoms with van der Waals surface area (Å²) in [5.74, 6) is -0.749. The Balaban J connectivity index is 3.14. The van der Waals surface area contributed by atoms with Crippen molar-refractivity contribution in [3.63, 3.8) is 0 Å². The van der Waals surface area contributed by atoms with Gasteiger partial charge in [-0.2, -0.15) is 13.2 Å². The van der Waals surface area contributed by atoms with E-state index in [9.17, 15) is 18.0 Å². The lowest BCUT2D eigenvalue weighted by Gasteiger charge is -2.21. The molecule has 8 heteroatoms. The summed E-state index contributed by atoms with van der Waals surface area (Å²) in [4.78, 5) is 14.8. The third-order valence-corrected chi connectivity index (χ3v) is 2.83. The van der Waals surface area contributed by atoms with Gasteiger partial charge in [0.1, 0.15) is 11.5 Å². The number of pyridine rings is 1. The van der Waals surface area contributed by atoms with E-state index in [0.717, 1.165) is 12.1 Å². The van der Waals surface area contributed by atoms with Gasteiger partial charge in [-0.15, -0.1) is 0 Å². The molecule has 0 aliphatic carbocycles. The van der Waals surface area contributed by atoms with Crippen LogP contribution in [0, 0.1) is 5.92 Å². The first-order chi connectivity index (χ1) is 9.65. The lowest BCUT2D eigenvalue weighted by molar-refractivity contribution is -0.141. The highest BCUT2D eigenvalue weighted by molar-refractivity contribution is 5.97. The van der Waals surface area contributed by atoms with E-state index in [1.54, 1.807) is 0 Å². The quantitative estimate of drug-likeness (QED) is 0.749. The number of anilines is 1. The topological polar surface area (TPSA) is 94.0 Å². The van der Waals surface area contributed by atoms with Gasteiger partial charge in [-0.3, -0.25) is 4.79 Å². The SMILES string of the molecule is CC(C)CC(CN)Nc1nc(C(F)(F)F)ccc1C(N)=O. The van der Waals surface area contributed by atoms with Crippen LogP contribution in [0.3, 0.4) is 0 Å². The molecule has 1 amide bonds. The van der Waals surface area contributed by atoms with Gasteiger partial charge in [-0.25, -0.2) is 4.98 Å². The molecule has 1 aromatic heterocycles. The molecule has 0 bridgehead atoms. The van der Waals surface area contributed by atoms with Crippen molar-refractivity contribution in [2.24, 2.45) is 17.4 Å². The maximum absolute atomic E-state index is 12.7. The predicted molar refractivity (Wildman–Crippen MR) is 73.7 cm³/mol. The van der Waals surface area contributed by atoms with Crippen molar-refractivity contribution in [3.8, 4) is 0 Å². The maximum atomic E-state index is 12.7. The first-order valence-corrected chi connectivity index (χ1v) is 6.49. The number of rotatable bonds is 6. The first kappa shape index (κ1) is 17.2. The smallest absolute Gasteiger partial charge is 0.365 e. The number of aromatic nitrogens is 1. The number of carbonyl (C=O) groups is 1. The second kappa shape index (κ2) is 6.75. The van der Waals surface area contributed by atoms with Crippen molar-refractivity contribution >= 4 is 11.7 Å². The van der Waals surface area contributed by atoms with Crippen LogP contribution in [0.1, 0.15) is 36.3 Å². The van der Waals surface area contributed by atoms with Gasteiger partial charge < -0.3 is 16.8 Å². The molecular weight excluding hydrogens is 285 g/mol. The largest absolute Gasteiger partial charge is 0.433 e.